The zero-order chi connectivity index (χ0) is 7.65. The summed E-state index contributed by atoms with van der Waals surface area (Å²) in [4.78, 5) is 0. The highest BCUT2D eigenvalue weighted by Gasteiger charge is 2.38. The fourth-order valence-electron chi connectivity index (χ4n) is 0.107. The summed E-state index contributed by atoms with van der Waals surface area (Å²) in [6.07, 6.45) is -8.90. The Hall–Kier alpha value is -0.390. The van der Waals surface area contributed by atoms with Crippen LogP contribution in [-0.4, -0.2) is 6.18 Å². The van der Waals surface area contributed by atoms with Crippen LogP contribution < -0.4 is 0 Å². The van der Waals surface area contributed by atoms with Gasteiger partial charge in [-0.15, -0.1) is 12.4 Å². The number of halogens is 7. The molecular weight excluding hydrogens is 185 g/mol. The van der Waals surface area contributed by atoms with Crippen LogP contribution in [-0.2, 0) is 0 Å². The molecule has 0 aliphatic carbocycles. The van der Waals surface area contributed by atoms with Crippen LogP contribution in [0.2, 0.25) is 0 Å². The molecule has 0 aliphatic rings. The van der Waals surface area contributed by atoms with E-state index in [4.69, 9.17) is 0 Å². The van der Waals surface area contributed by atoms with Gasteiger partial charge in [0.2, 0.25) is 0 Å². The monoisotopic (exact) mass is 186 g/mol. The lowest BCUT2D eigenvalue weighted by Gasteiger charge is -1.98. The van der Waals surface area contributed by atoms with E-state index in [0.29, 0.717) is 0 Å². The first-order valence-corrected chi connectivity index (χ1v) is 1.63. The van der Waals surface area contributed by atoms with Crippen molar-refractivity contribution >= 4 is 12.4 Å². The molecule has 62 valence electrons. The molecular formula is C3HClF6. The minimum atomic E-state index is -5.56. The molecule has 0 atom stereocenters. The maximum Gasteiger partial charge on any atom is 0.448 e. The third-order valence-corrected chi connectivity index (χ3v) is 0.415. The first-order chi connectivity index (χ1) is 3.85. The number of alkyl halides is 3. The molecule has 0 saturated heterocycles. The Bertz CT molecular complexity index is 130. The Labute approximate surface area is 57.9 Å². The Morgan fingerprint density at radius 3 is 1.20 bits per heavy atom. The lowest BCUT2D eigenvalue weighted by Crippen LogP contribution is -2.08. The molecule has 0 rings (SSSR count). The highest BCUT2D eigenvalue weighted by molar-refractivity contribution is 5.85. The highest BCUT2D eigenvalue weighted by Crippen LogP contribution is 2.29. The van der Waals surface area contributed by atoms with E-state index < -0.39 is 18.1 Å². The van der Waals surface area contributed by atoms with Gasteiger partial charge in [-0.3, -0.25) is 0 Å². The second-order valence-electron chi connectivity index (χ2n) is 1.07. The quantitative estimate of drug-likeness (QED) is 0.510. The Morgan fingerprint density at radius 2 is 1.20 bits per heavy atom. The van der Waals surface area contributed by atoms with Crippen LogP contribution in [0.5, 0.6) is 0 Å². The molecule has 10 heavy (non-hydrogen) atoms. The molecule has 0 bridgehead atoms. The van der Waals surface area contributed by atoms with Crippen LogP contribution in [0, 0.1) is 0 Å². The van der Waals surface area contributed by atoms with Crippen LogP contribution in [0.15, 0.2) is 11.9 Å². The van der Waals surface area contributed by atoms with Crippen molar-refractivity contribution < 1.29 is 26.3 Å². The summed E-state index contributed by atoms with van der Waals surface area (Å²) in [5.74, 6) is -3.33. The molecule has 0 saturated carbocycles. The zero-order valence-electron chi connectivity index (χ0n) is 4.18. The fourth-order valence-corrected chi connectivity index (χ4v) is 0.107. The van der Waals surface area contributed by atoms with Gasteiger partial charge in [0.15, 0.2) is 0 Å². The smallest absolute Gasteiger partial charge is 0.196 e. The van der Waals surface area contributed by atoms with Crippen molar-refractivity contribution in [2.24, 2.45) is 0 Å². The van der Waals surface area contributed by atoms with Crippen LogP contribution in [0.4, 0.5) is 26.3 Å². The Kier molecular flexibility index (Phi) is 4.55. The van der Waals surface area contributed by atoms with Crippen molar-refractivity contribution in [2.75, 3.05) is 0 Å². The lowest BCUT2D eigenvalue weighted by atomic mass is 10.6. The van der Waals surface area contributed by atoms with Crippen molar-refractivity contribution in [1.29, 1.82) is 0 Å². The predicted molar refractivity (Wildman–Crippen MR) is 23.7 cm³/mol. The van der Waals surface area contributed by atoms with Crippen molar-refractivity contribution in [1.82, 2.24) is 0 Å². The minimum absolute atomic E-state index is 0. The molecule has 0 spiro atoms. The van der Waals surface area contributed by atoms with Gasteiger partial charge in [0, 0.05) is 0 Å². The van der Waals surface area contributed by atoms with Gasteiger partial charge in [-0.25, -0.2) is 0 Å². The molecule has 0 radical (unpaired) electrons. The van der Waals surface area contributed by atoms with Crippen molar-refractivity contribution in [3.05, 3.63) is 11.9 Å². The summed E-state index contributed by atoms with van der Waals surface area (Å²) >= 11 is 0. The van der Waals surface area contributed by atoms with Crippen LogP contribution in [0.25, 0.3) is 0 Å². The van der Waals surface area contributed by atoms with E-state index in [1.165, 1.54) is 0 Å². The first-order valence-electron chi connectivity index (χ1n) is 1.63. The van der Waals surface area contributed by atoms with E-state index >= 15 is 0 Å². The van der Waals surface area contributed by atoms with E-state index in [9.17, 15) is 26.3 Å². The molecule has 0 aromatic rings. The maximum atomic E-state index is 11.0. The van der Waals surface area contributed by atoms with Crippen LogP contribution >= 0.6 is 12.4 Å². The van der Waals surface area contributed by atoms with Crippen molar-refractivity contribution in [3.8, 4) is 0 Å². The normalized spacial score (nSPS) is 10.2. The second kappa shape index (κ2) is 3.70. The third-order valence-electron chi connectivity index (χ3n) is 0.415. The molecule has 0 N–H and O–H groups in total. The molecule has 0 aliphatic heterocycles. The van der Waals surface area contributed by atoms with Gasteiger partial charge in [-0.05, 0) is 0 Å². The topological polar surface area (TPSA) is 0 Å². The maximum absolute atomic E-state index is 11.0. The van der Waals surface area contributed by atoms with Gasteiger partial charge in [-0.1, -0.05) is 0 Å². The number of rotatable bonds is 0. The lowest BCUT2D eigenvalue weighted by molar-refractivity contribution is -0.113. The number of hydrogen-bond acceptors (Lipinski definition) is 0. The van der Waals surface area contributed by atoms with Crippen LogP contribution in [0.1, 0.15) is 0 Å². The standard InChI is InChI=1S/C3F6.ClH/c4-1(2(5)6)3(7,8)9;/h;1H. The Balaban J connectivity index is 0. The third kappa shape index (κ3) is 3.60. The largest absolute Gasteiger partial charge is 0.448 e. The average molecular weight is 186 g/mol. The van der Waals surface area contributed by atoms with Gasteiger partial charge in [-0.2, -0.15) is 26.3 Å². The van der Waals surface area contributed by atoms with Crippen molar-refractivity contribution in [2.45, 2.75) is 6.18 Å². The molecule has 0 unspecified atom stereocenters. The predicted octanol–water partition coefficient (Wildman–Crippen LogP) is 3.05. The molecule has 7 heteroatoms. The summed E-state index contributed by atoms with van der Waals surface area (Å²) in [6, 6.07) is 0. The first kappa shape index (κ1) is 12.3. The molecule has 0 fully saturated rings. The summed E-state index contributed by atoms with van der Waals surface area (Å²) < 4.78 is 64.8. The number of hydrogen-bond donors (Lipinski definition) is 0. The van der Waals surface area contributed by atoms with Gasteiger partial charge >= 0.3 is 12.3 Å². The van der Waals surface area contributed by atoms with E-state index in [1.54, 1.807) is 0 Å². The molecule has 0 aromatic carbocycles. The molecule has 0 heterocycles. The van der Waals surface area contributed by atoms with Crippen LogP contribution in [0.3, 0.4) is 0 Å². The minimum Gasteiger partial charge on any atom is -0.196 e. The fraction of sp³-hybridized carbons (Fsp3) is 0.333. The van der Waals surface area contributed by atoms with Gasteiger partial charge in [0.05, 0.1) is 0 Å². The molecule has 0 aromatic heterocycles. The SMILES string of the molecule is Cl.FC(F)=C(F)C(F)(F)F. The van der Waals surface area contributed by atoms with E-state index in [-0.39, 0.29) is 12.4 Å². The highest BCUT2D eigenvalue weighted by atomic mass is 35.5. The second-order valence-corrected chi connectivity index (χ2v) is 1.07. The van der Waals surface area contributed by atoms with Crippen molar-refractivity contribution in [3.63, 3.8) is 0 Å². The summed E-state index contributed by atoms with van der Waals surface area (Å²) in [6.45, 7) is 0. The number of allylic oxidation sites excluding steroid dienone is 1. The summed E-state index contributed by atoms with van der Waals surface area (Å²) in [5, 5.41) is 0. The zero-order valence-corrected chi connectivity index (χ0v) is 4.99. The summed E-state index contributed by atoms with van der Waals surface area (Å²) in [5.41, 5.74) is 0. The average Bonchev–Trinajstić information content (AvgIpc) is 1.62. The van der Waals surface area contributed by atoms with E-state index in [1.807, 2.05) is 0 Å². The van der Waals surface area contributed by atoms with E-state index in [2.05, 4.69) is 0 Å². The van der Waals surface area contributed by atoms with Gasteiger partial charge in [0.1, 0.15) is 0 Å². The Morgan fingerprint density at radius 1 is 0.900 bits per heavy atom. The van der Waals surface area contributed by atoms with Gasteiger partial charge < -0.3 is 0 Å². The molecule has 0 amide bonds. The summed E-state index contributed by atoms with van der Waals surface area (Å²) in [7, 11) is 0. The van der Waals surface area contributed by atoms with E-state index in [0.717, 1.165) is 0 Å². The van der Waals surface area contributed by atoms with Gasteiger partial charge in [0.25, 0.3) is 5.83 Å². The molecule has 0 nitrogen and oxygen atoms in total.